The second-order valence-electron chi connectivity index (χ2n) is 6.46. The van der Waals surface area contributed by atoms with E-state index in [1.807, 2.05) is 13.0 Å². The van der Waals surface area contributed by atoms with E-state index in [0.29, 0.717) is 50.4 Å². The second-order valence-corrected chi connectivity index (χ2v) is 9.43. The normalized spacial score (nSPS) is 14.9. The van der Waals surface area contributed by atoms with Gasteiger partial charge in [0.1, 0.15) is 13.2 Å². The Morgan fingerprint density at radius 2 is 1.94 bits per heavy atom. The zero-order valence-corrected chi connectivity index (χ0v) is 21.0. The summed E-state index contributed by atoms with van der Waals surface area (Å²) in [6.07, 6.45) is 1.53. The first-order valence-corrected chi connectivity index (χ1v) is 11.8. The Balaban J connectivity index is 1.86. The van der Waals surface area contributed by atoms with Crippen LogP contribution >= 0.6 is 57.6 Å². The van der Waals surface area contributed by atoms with Gasteiger partial charge in [0, 0.05) is 0 Å². The predicted octanol–water partition coefficient (Wildman–Crippen LogP) is 5.70. The van der Waals surface area contributed by atoms with Crippen molar-refractivity contribution in [1.82, 2.24) is 4.90 Å². The van der Waals surface area contributed by atoms with E-state index >= 15 is 0 Å². The van der Waals surface area contributed by atoms with E-state index in [-0.39, 0.29) is 11.5 Å². The molecule has 0 saturated carbocycles. The van der Waals surface area contributed by atoms with Gasteiger partial charge in [-0.25, -0.2) is 0 Å². The van der Waals surface area contributed by atoms with Crippen molar-refractivity contribution in [3.05, 3.63) is 60.0 Å². The maximum absolute atomic E-state index is 12.4. The number of carboxylic acids is 1. The van der Waals surface area contributed by atoms with Crippen LogP contribution < -0.4 is 9.47 Å². The molecule has 32 heavy (non-hydrogen) atoms. The summed E-state index contributed by atoms with van der Waals surface area (Å²) in [5.74, 6) is -0.911. The number of carbonyl (C=O) groups excluding carboxylic acids is 2. The van der Waals surface area contributed by atoms with Gasteiger partial charge < -0.3 is 14.6 Å². The highest BCUT2D eigenvalue weighted by Gasteiger charge is 2.36. The molecule has 3 rings (SSSR count). The molecule has 1 N–H and O–H groups in total. The maximum Gasteiger partial charge on any atom is 0.323 e. The fourth-order valence-electron chi connectivity index (χ4n) is 2.78. The highest BCUT2D eigenvalue weighted by atomic mass is 127. The summed E-state index contributed by atoms with van der Waals surface area (Å²) in [7, 11) is 0. The third-order valence-corrected chi connectivity index (χ3v) is 6.61. The maximum atomic E-state index is 12.4. The Bertz CT molecular complexity index is 1120. The van der Waals surface area contributed by atoms with E-state index in [9.17, 15) is 14.4 Å². The number of imide groups is 1. The van der Waals surface area contributed by atoms with Crippen LogP contribution in [0.25, 0.3) is 6.08 Å². The standard InChI is InChI=1S/C21H16Cl2INO6S/c1-2-30-16-7-12(8-17-20(28)25(9-18(26)27)21(29)32-17)6-15(24)19(16)31-10-11-3-4-13(22)14(23)5-11/h3-8H,2,9-10H2,1H3,(H,26,27)/b17-8+. The first-order valence-electron chi connectivity index (χ1n) is 9.19. The Morgan fingerprint density at radius 1 is 1.19 bits per heavy atom. The zero-order chi connectivity index (χ0) is 23.4. The summed E-state index contributed by atoms with van der Waals surface area (Å²) >= 11 is 14.8. The number of halogens is 3. The molecule has 0 radical (unpaired) electrons. The number of rotatable bonds is 8. The van der Waals surface area contributed by atoms with Crippen LogP contribution in [0.5, 0.6) is 11.5 Å². The van der Waals surface area contributed by atoms with E-state index in [1.165, 1.54) is 6.08 Å². The van der Waals surface area contributed by atoms with Gasteiger partial charge in [0.15, 0.2) is 11.5 Å². The lowest BCUT2D eigenvalue weighted by Gasteiger charge is -2.15. The number of amides is 2. The van der Waals surface area contributed by atoms with E-state index < -0.39 is 23.7 Å². The molecule has 0 unspecified atom stereocenters. The first kappa shape index (κ1) is 24.7. The fraction of sp³-hybridized carbons (Fsp3) is 0.190. The van der Waals surface area contributed by atoms with Crippen LogP contribution in [-0.4, -0.2) is 40.3 Å². The van der Waals surface area contributed by atoms with Crippen molar-refractivity contribution in [2.45, 2.75) is 13.5 Å². The van der Waals surface area contributed by atoms with Gasteiger partial charge in [-0.15, -0.1) is 0 Å². The molecule has 0 aromatic heterocycles. The number of carbonyl (C=O) groups is 3. The molecule has 0 bridgehead atoms. The number of benzene rings is 2. The summed E-state index contributed by atoms with van der Waals surface area (Å²) in [4.78, 5) is 36.1. The number of thioether (sulfide) groups is 1. The number of nitrogens with zero attached hydrogens (tertiary/aromatic N) is 1. The van der Waals surface area contributed by atoms with Gasteiger partial charge in [-0.2, -0.15) is 0 Å². The minimum absolute atomic E-state index is 0.138. The molecule has 0 spiro atoms. The summed E-state index contributed by atoms with van der Waals surface area (Å²) in [5.41, 5.74) is 1.44. The molecule has 0 aliphatic carbocycles. The predicted molar refractivity (Wildman–Crippen MR) is 131 cm³/mol. The average molecular weight is 608 g/mol. The lowest BCUT2D eigenvalue weighted by Crippen LogP contribution is -2.33. The largest absolute Gasteiger partial charge is 0.490 e. The van der Waals surface area contributed by atoms with E-state index in [0.717, 1.165) is 9.13 Å². The molecule has 1 aliphatic rings. The number of ether oxygens (including phenoxy) is 2. The molecule has 168 valence electrons. The molecule has 1 saturated heterocycles. The third-order valence-electron chi connectivity index (χ3n) is 4.16. The number of hydrogen-bond donors (Lipinski definition) is 1. The van der Waals surface area contributed by atoms with Crippen molar-refractivity contribution in [1.29, 1.82) is 0 Å². The SMILES string of the molecule is CCOc1cc(/C=C2/SC(=O)N(CC(=O)O)C2=O)cc(I)c1OCc1ccc(Cl)c(Cl)c1. The summed E-state index contributed by atoms with van der Waals surface area (Å²) in [6, 6.07) is 8.69. The van der Waals surface area contributed by atoms with Crippen LogP contribution in [0.4, 0.5) is 4.79 Å². The molecule has 7 nitrogen and oxygen atoms in total. The Hall–Kier alpha value is -1.95. The van der Waals surface area contributed by atoms with E-state index in [4.69, 9.17) is 37.8 Å². The summed E-state index contributed by atoms with van der Waals surface area (Å²) in [5, 5.41) is 9.15. The molecule has 1 heterocycles. The second kappa shape index (κ2) is 10.8. The smallest absolute Gasteiger partial charge is 0.323 e. The van der Waals surface area contributed by atoms with Gasteiger partial charge >= 0.3 is 5.97 Å². The highest BCUT2D eigenvalue weighted by Crippen LogP contribution is 2.38. The number of aliphatic carboxylic acids is 1. The van der Waals surface area contributed by atoms with Crippen molar-refractivity contribution in [2.24, 2.45) is 0 Å². The Kier molecular flexibility index (Phi) is 8.32. The Labute approximate surface area is 211 Å². The van der Waals surface area contributed by atoms with Gasteiger partial charge in [0.05, 0.1) is 25.1 Å². The Morgan fingerprint density at radius 3 is 2.59 bits per heavy atom. The van der Waals surface area contributed by atoms with Crippen LogP contribution in [0.15, 0.2) is 35.2 Å². The molecule has 2 amide bonds. The third kappa shape index (κ3) is 5.89. The van der Waals surface area contributed by atoms with Gasteiger partial charge in [-0.1, -0.05) is 29.3 Å². The van der Waals surface area contributed by atoms with Crippen LogP contribution in [0.1, 0.15) is 18.1 Å². The van der Waals surface area contributed by atoms with E-state index in [2.05, 4.69) is 22.6 Å². The van der Waals surface area contributed by atoms with Crippen molar-refractivity contribution < 1.29 is 29.0 Å². The lowest BCUT2D eigenvalue weighted by molar-refractivity contribution is -0.140. The average Bonchev–Trinajstić information content (AvgIpc) is 2.97. The molecule has 0 atom stereocenters. The van der Waals surface area contributed by atoms with Crippen LogP contribution in [-0.2, 0) is 16.2 Å². The topological polar surface area (TPSA) is 93.1 Å². The molecule has 2 aromatic carbocycles. The molecular formula is C21H16Cl2INO6S. The fourth-order valence-corrected chi connectivity index (χ4v) is 4.72. The molecule has 2 aromatic rings. The van der Waals surface area contributed by atoms with Crippen molar-refractivity contribution in [3.8, 4) is 11.5 Å². The first-order chi connectivity index (χ1) is 15.2. The molecule has 1 aliphatic heterocycles. The van der Waals surface area contributed by atoms with Crippen molar-refractivity contribution in [2.75, 3.05) is 13.2 Å². The van der Waals surface area contributed by atoms with Crippen molar-refractivity contribution >= 4 is 80.7 Å². The van der Waals surface area contributed by atoms with Crippen LogP contribution in [0.3, 0.4) is 0 Å². The van der Waals surface area contributed by atoms with Crippen LogP contribution in [0.2, 0.25) is 10.0 Å². The molecule has 11 heteroatoms. The van der Waals surface area contributed by atoms with Crippen molar-refractivity contribution in [3.63, 3.8) is 0 Å². The van der Waals surface area contributed by atoms with E-state index in [1.54, 1.807) is 24.3 Å². The number of carboxylic acid groups (broad SMARTS) is 1. The monoisotopic (exact) mass is 607 g/mol. The van der Waals surface area contributed by atoms with Gasteiger partial charge in [0.2, 0.25) is 0 Å². The summed E-state index contributed by atoms with van der Waals surface area (Å²) in [6.45, 7) is 1.78. The number of hydrogen-bond acceptors (Lipinski definition) is 6. The quantitative estimate of drug-likeness (QED) is 0.304. The van der Waals surface area contributed by atoms with Crippen LogP contribution in [0, 0.1) is 3.57 Å². The summed E-state index contributed by atoms with van der Waals surface area (Å²) < 4.78 is 12.4. The van der Waals surface area contributed by atoms with Gasteiger partial charge in [-0.05, 0) is 82.7 Å². The highest BCUT2D eigenvalue weighted by molar-refractivity contribution is 14.1. The zero-order valence-electron chi connectivity index (χ0n) is 16.6. The van der Waals surface area contributed by atoms with Gasteiger partial charge in [-0.3, -0.25) is 19.3 Å². The lowest BCUT2D eigenvalue weighted by atomic mass is 10.1. The molecule has 1 fully saturated rings. The molecular weight excluding hydrogens is 592 g/mol. The van der Waals surface area contributed by atoms with Gasteiger partial charge in [0.25, 0.3) is 11.1 Å². The minimum atomic E-state index is -1.26. The minimum Gasteiger partial charge on any atom is -0.490 e.